The molecule has 0 spiro atoms. The number of halogens is 1. The van der Waals surface area contributed by atoms with E-state index in [2.05, 4.69) is 5.32 Å². The van der Waals surface area contributed by atoms with Gasteiger partial charge in [-0.3, -0.25) is 9.59 Å². The highest BCUT2D eigenvalue weighted by atomic mass is 19.1. The van der Waals surface area contributed by atoms with Gasteiger partial charge in [0.2, 0.25) is 5.91 Å². The fourth-order valence-electron chi connectivity index (χ4n) is 2.99. The molecule has 0 radical (unpaired) electrons. The Labute approximate surface area is 159 Å². The number of amides is 1. The maximum atomic E-state index is 13.1. The summed E-state index contributed by atoms with van der Waals surface area (Å²) in [6.07, 6.45) is 0.987. The van der Waals surface area contributed by atoms with Gasteiger partial charge in [0.1, 0.15) is 5.82 Å². The van der Waals surface area contributed by atoms with Crippen molar-refractivity contribution in [2.75, 3.05) is 11.9 Å². The number of anilines is 1. The van der Waals surface area contributed by atoms with Crippen molar-refractivity contribution in [3.8, 4) is 0 Å². The average molecular weight is 371 g/mol. The lowest BCUT2D eigenvalue weighted by molar-refractivity contribution is -0.148. The molecule has 1 N–H and O–H groups in total. The number of rotatable bonds is 8. The summed E-state index contributed by atoms with van der Waals surface area (Å²) in [5, 5.41) is 2.94. The standard InChI is InChI=1S/C22H26FNO3/c1-4-27-22(26)18(14-17-8-11-19(23)12-9-17)10-13-20(25)24-21-15(2)6-5-7-16(21)3/h5-9,11-12,18H,4,10,13-14H2,1-3H3,(H,24,25). The van der Waals surface area contributed by atoms with E-state index in [-0.39, 0.29) is 30.7 Å². The van der Waals surface area contributed by atoms with Gasteiger partial charge in [-0.25, -0.2) is 4.39 Å². The first-order chi connectivity index (χ1) is 12.9. The number of carbonyl (C=O) groups excluding carboxylic acids is 2. The van der Waals surface area contributed by atoms with Gasteiger partial charge < -0.3 is 10.1 Å². The number of aryl methyl sites for hydroxylation is 2. The van der Waals surface area contributed by atoms with E-state index >= 15 is 0 Å². The van der Waals surface area contributed by atoms with Crippen LogP contribution in [0.15, 0.2) is 42.5 Å². The van der Waals surface area contributed by atoms with Crippen LogP contribution >= 0.6 is 0 Å². The first-order valence-corrected chi connectivity index (χ1v) is 9.17. The second-order valence-electron chi connectivity index (χ2n) is 6.63. The fraction of sp³-hybridized carbons (Fsp3) is 0.364. The molecule has 2 aromatic rings. The Hall–Kier alpha value is -2.69. The molecule has 144 valence electrons. The van der Waals surface area contributed by atoms with Crippen molar-refractivity contribution in [3.05, 3.63) is 65.0 Å². The van der Waals surface area contributed by atoms with Crippen LogP contribution in [0.4, 0.5) is 10.1 Å². The van der Waals surface area contributed by atoms with Gasteiger partial charge in [0.25, 0.3) is 0 Å². The predicted octanol–water partition coefficient (Wildman–Crippen LogP) is 4.58. The van der Waals surface area contributed by atoms with Crippen LogP contribution in [0.25, 0.3) is 0 Å². The minimum atomic E-state index is -0.445. The molecule has 1 atom stereocenters. The Balaban J connectivity index is 2.01. The predicted molar refractivity (Wildman–Crippen MR) is 104 cm³/mol. The Morgan fingerprint density at radius 3 is 2.30 bits per heavy atom. The Kier molecular flexibility index (Phi) is 7.53. The molecule has 0 heterocycles. The molecular formula is C22H26FNO3. The van der Waals surface area contributed by atoms with E-state index in [0.717, 1.165) is 22.4 Å². The van der Waals surface area contributed by atoms with Gasteiger partial charge >= 0.3 is 5.97 Å². The fourth-order valence-corrected chi connectivity index (χ4v) is 2.99. The maximum Gasteiger partial charge on any atom is 0.309 e. The Morgan fingerprint density at radius 2 is 1.70 bits per heavy atom. The van der Waals surface area contributed by atoms with Crippen molar-refractivity contribution in [1.82, 2.24) is 0 Å². The van der Waals surface area contributed by atoms with E-state index in [0.29, 0.717) is 12.8 Å². The van der Waals surface area contributed by atoms with Crippen LogP contribution in [0.2, 0.25) is 0 Å². The molecule has 0 aliphatic rings. The van der Waals surface area contributed by atoms with E-state index in [4.69, 9.17) is 4.74 Å². The molecule has 0 fully saturated rings. The van der Waals surface area contributed by atoms with Gasteiger partial charge in [-0.2, -0.15) is 0 Å². The van der Waals surface area contributed by atoms with Crippen molar-refractivity contribution in [2.24, 2.45) is 5.92 Å². The average Bonchev–Trinajstić information content (AvgIpc) is 2.63. The summed E-state index contributed by atoms with van der Waals surface area (Å²) in [6, 6.07) is 11.9. The quantitative estimate of drug-likeness (QED) is 0.691. The largest absolute Gasteiger partial charge is 0.466 e. The lowest BCUT2D eigenvalue weighted by atomic mass is 9.94. The minimum absolute atomic E-state index is 0.138. The van der Waals surface area contributed by atoms with Gasteiger partial charge in [0, 0.05) is 12.1 Å². The zero-order valence-electron chi connectivity index (χ0n) is 16.0. The van der Waals surface area contributed by atoms with Crippen LogP contribution in [0, 0.1) is 25.6 Å². The van der Waals surface area contributed by atoms with E-state index in [1.807, 2.05) is 32.0 Å². The van der Waals surface area contributed by atoms with E-state index < -0.39 is 5.92 Å². The number of ether oxygens (including phenoxy) is 1. The monoisotopic (exact) mass is 371 g/mol. The van der Waals surface area contributed by atoms with Gasteiger partial charge in [0.15, 0.2) is 0 Å². The summed E-state index contributed by atoms with van der Waals surface area (Å²) in [4.78, 5) is 24.7. The third kappa shape index (κ3) is 6.20. The molecule has 0 aliphatic carbocycles. The van der Waals surface area contributed by atoms with Crippen molar-refractivity contribution in [1.29, 1.82) is 0 Å². The normalized spacial score (nSPS) is 11.7. The molecule has 27 heavy (non-hydrogen) atoms. The van der Waals surface area contributed by atoms with Gasteiger partial charge in [-0.05, 0) is 62.4 Å². The lowest BCUT2D eigenvalue weighted by Gasteiger charge is -2.16. The van der Waals surface area contributed by atoms with Gasteiger partial charge in [-0.1, -0.05) is 30.3 Å². The number of carbonyl (C=O) groups is 2. The second-order valence-corrected chi connectivity index (χ2v) is 6.63. The highest BCUT2D eigenvalue weighted by molar-refractivity contribution is 5.92. The first kappa shape index (κ1) is 20.6. The summed E-state index contributed by atoms with van der Waals surface area (Å²) < 4.78 is 18.2. The first-order valence-electron chi connectivity index (χ1n) is 9.17. The zero-order chi connectivity index (χ0) is 19.8. The van der Waals surface area contributed by atoms with Crippen molar-refractivity contribution < 1.29 is 18.7 Å². The molecule has 0 saturated heterocycles. The zero-order valence-corrected chi connectivity index (χ0v) is 16.0. The Morgan fingerprint density at radius 1 is 1.07 bits per heavy atom. The van der Waals surface area contributed by atoms with Crippen LogP contribution in [0.5, 0.6) is 0 Å². The minimum Gasteiger partial charge on any atom is -0.466 e. The molecular weight excluding hydrogens is 345 g/mol. The number of hydrogen-bond acceptors (Lipinski definition) is 3. The van der Waals surface area contributed by atoms with Crippen LogP contribution in [-0.2, 0) is 20.7 Å². The molecule has 2 rings (SSSR count). The molecule has 0 aliphatic heterocycles. The molecule has 1 amide bonds. The van der Waals surface area contributed by atoms with Crippen LogP contribution in [-0.4, -0.2) is 18.5 Å². The summed E-state index contributed by atoms with van der Waals surface area (Å²) in [5.74, 6) is -1.24. The van der Waals surface area contributed by atoms with E-state index in [1.165, 1.54) is 12.1 Å². The number of esters is 1. The molecule has 4 nitrogen and oxygen atoms in total. The number of hydrogen-bond donors (Lipinski definition) is 1. The molecule has 0 bridgehead atoms. The Bertz CT molecular complexity index is 766. The smallest absolute Gasteiger partial charge is 0.309 e. The van der Waals surface area contributed by atoms with Crippen LogP contribution in [0.1, 0.15) is 36.5 Å². The summed E-state index contributed by atoms with van der Waals surface area (Å²) in [5.41, 5.74) is 3.64. The van der Waals surface area contributed by atoms with Crippen molar-refractivity contribution in [2.45, 2.75) is 40.0 Å². The van der Waals surface area contributed by atoms with E-state index in [1.54, 1.807) is 19.1 Å². The molecule has 0 saturated carbocycles. The van der Waals surface area contributed by atoms with Gasteiger partial charge in [0.05, 0.1) is 12.5 Å². The molecule has 2 aromatic carbocycles. The number of benzene rings is 2. The van der Waals surface area contributed by atoms with Crippen LogP contribution in [0.3, 0.4) is 0 Å². The summed E-state index contributed by atoms with van der Waals surface area (Å²) >= 11 is 0. The van der Waals surface area contributed by atoms with E-state index in [9.17, 15) is 14.0 Å². The number of nitrogens with one attached hydrogen (secondary N) is 1. The SMILES string of the molecule is CCOC(=O)C(CCC(=O)Nc1c(C)cccc1C)Cc1ccc(F)cc1. The second kappa shape index (κ2) is 9.86. The topological polar surface area (TPSA) is 55.4 Å². The van der Waals surface area contributed by atoms with Crippen LogP contribution < -0.4 is 5.32 Å². The third-order valence-corrected chi connectivity index (χ3v) is 4.48. The molecule has 1 unspecified atom stereocenters. The highest BCUT2D eigenvalue weighted by Gasteiger charge is 2.22. The van der Waals surface area contributed by atoms with Crippen molar-refractivity contribution >= 4 is 17.6 Å². The summed E-state index contributed by atoms with van der Waals surface area (Å²) in [6.45, 7) is 5.92. The van der Waals surface area contributed by atoms with Gasteiger partial charge in [-0.15, -0.1) is 0 Å². The number of para-hydroxylation sites is 1. The highest BCUT2D eigenvalue weighted by Crippen LogP contribution is 2.21. The lowest BCUT2D eigenvalue weighted by Crippen LogP contribution is -2.23. The maximum absolute atomic E-state index is 13.1. The third-order valence-electron chi connectivity index (χ3n) is 4.48. The molecule has 5 heteroatoms. The summed E-state index contributed by atoms with van der Waals surface area (Å²) in [7, 11) is 0. The van der Waals surface area contributed by atoms with Crippen molar-refractivity contribution in [3.63, 3.8) is 0 Å². The molecule has 0 aromatic heterocycles.